The van der Waals surface area contributed by atoms with Gasteiger partial charge in [0.15, 0.2) is 0 Å². The van der Waals surface area contributed by atoms with E-state index in [0.29, 0.717) is 12.2 Å². The van der Waals surface area contributed by atoms with E-state index in [1.165, 1.54) is 36.9 Å². The second-order valence-corrected chi connectivity index (χ2v) is 6.90. The summed E-state index contributed by atoms with van der Waals surface area (Å²) in [4.78, 5) is 11.8. The van der Waals surface area contributed by atoms with E-state index in [-0.39, 0.29) is 0 Å². The Labute approximate surface area is 132 Å². The lowest BCUT2D eigenvalue weighted by Gasteiger charge is -2.32. The summed E-state index contributed by atoms with van der Waals surface area (Å²) >= 11 is 0. The Kier molecular flexibility index (Phi) is 4.01. The standard InChI is InChI=1S/C17H26N4O/c1-12-19-16-5-3-2-4-15(16)17(20-12)18-8-9-21-10-13-6-7-14(11-21)22-13/h13-14H,2-11H2,1H3,(H,18,19,20). The molecule has 1 aromatic heterocycles. The highest BCUT2D eigenvalue weighted by Crippen LogP contribution is 2.27. The number of aromatic nitrogens is 2. The number of nitrogens with zero attached hydrogens (tertiary/aromatic N) is 3. The average Bonchev–Trinajstić information content (AvgIpc) is 2.86. The van der Waals surface area contributed by atoms with Crippen LogP contribution in [-0.2, 0) is 17.6 Å². The first-order valence-corrected chi connectivity index (χ1v) is 8.76. The van der Waals surface area contributed by atoms with Gasteiger partial charge in [-0.2, -0.15) is 0 Å². The van der Waals surface area contributed by atoms with Gasteiger partial charge < -0.3 is 10.1 Å². The van der Waals surface area contributed by atoms with Gasteiger partial charge in [-0.15, -0.1) is 0 Å². The van der Waals surface area contributed by atoms with Crippen molar-refractivity contribution in [3.63, 3.8) is 0 Å². The second-order valence-electron chi connectivity index (χ2n) is 6.90. The first kappa shape index (κ1) is 14.4. The molecule has 0 amide bonds. The van der Waals surface area contributed by atoms with Crippen LogP contribution in [0, 0.1) is 6.92 Å². The van der Waals surface area contributed by atoms with Gasteiger partial charge in [-0.1, -0.05) is 0 Å². The summed E-state index contributed by atoms with van der Waals surface area (Å²) in [5.74, 6) is 1.98. The van der Waals surface area contributed by atoms with Crippen LogP contribution < -0.4 is 5.32 Å². The second kappa shape index (κ2) is 6.13. The number of nitrogens with one attached hydrogen (secondary N) is 1. The van der Waals surface area contributed by atoms with Gasteiger partial charge >= 0.3 is 0 Å². The van der Waals surface area contributed by atoms with Crippen molar-refractivity contribution in [1.82, 2.24) is 14.9 Å². The van der Waals surface area contributed by atoms with Crippen molar-refractivity contribution in [3.8, 4) is 0 Å². The minimum atomic E-state index is 0.479. The Balaban J connectivity index is 1.36. The molecule has 0 spiro atoms. The van der Waals surface area contributed by atoms with Crippen LogP contribution in [0.15, 0.2) is 0 Å². The van der Waals surface area contributed by atoms with Crippen LogP contribution in [0.2, 0.25) is 0 Å². The molecule has 2 fully saturated rings. The quantitative estimate of drug-likeness (QED) is 0.921. The van der Waals surface area contributed by atoms with Crippen molar-refractivity contribution < 1.29 is 4.74 Å². The van der Waals surface area contributed by atoms with Gasteiger partial charge in [-0.25, -0.2) is 9.97 Å². The molecule has 2 bridgehead atoms. The zero-order valence-electron chi connectivity index (χ0n) is 13.5. The van der Waals surface area contributed by atoms with E-state index < -0.39 is 0 Å². The third-order valence-corrected chi connectivity index (χ3v) is 5.13. The van der Waals surface area contributed by atoms with Crippen molar-refractivity contribution in [1.29, 1.82) is 0 Å². The first-order chi connectivity index (χ1) is 10.8. The molecule has 5 nitrogen and oxygen atoms in total. The van der Waals surface area contributed by atoms with Crippen LogP contribution in [0.3, 0.4) is 0 Å². The molecule has 3 heterocycles. The van der Waals surface area contributed by atoms with Crippen LogP contribution in [0.5, 0.6) is 0 Å². The molecule has 5 heteroatoms. The molecule has 2 saturated heterocycles. The Bertz CT molecular complexity index is 536. The van der Waals surface area contributed by atoms with Gasteiger partial charge in [0.05, 0.1) is 12.2 Å². The molecule has 2 aliphatic heterocycles. The fourth-order valence-corrected chi connectivity index (χ4v) is 4.08. The monoisotopic (exact) mass is 302 g/mol. The van der Waals surface area contributed by atoms with Crippen molar-refractivity contribution >= 4 is 5.82 Å². The minimum absolute atomic E-state index is 0.479. The van der Waals surface area contributed by atoms with Gasteiger partial charge in [-0.05, 0) is 45.4 Å². The molecular weight excluding hydrogens is 276 g/mol. The summed E-state index contributed by atoms with van der Waals surface area (Å²) in [6, 6.07) is 0. The summed E-state index contributed by atoms with van der Waals surface area (Å²) in [6.45, 7) is 6.23. The zero-order chi connectivity index (χ0) is 14.9. The molecule has 0 radical (unpaired) electrons. The van der Waals surface area contributed by atoms with Crippen LogP contribution in [0.1, 0.15) is 42.8 Å². The molecule has 1 aliphatic carbocycles. The number of hydrogen-bond donors (Lipinski definition) is 1. The molecular formula is C17H26N4O. The normalized spacial score (nSPS) is 27.7. The summed E-state index contributed by atoms with van der Waals surface area (Å²) in [6.07, 6.45) is 8.21. The van der Waals surface area contributed by atoms with E-state index in [4.69, 9.17) is 4.74 Å². The highest BCUT2D eigenvalue weighted by molar-refractivity contribution is 5.47. The Morgan fingerprint density at radius 3 is 2.73 bits per heavy atom. The maximum atomic E-state index is 5.90. The molecule has 1 aromatic rings. The van der Waals surface area contributed by atoms with Crippen LogP contribution in [-0.4, -0.2) is 53.3 Å². The van der Waals surface area contributed by atoms with Crippen LogP contribution in [0.4, 0.5) is 5.82 Å². The smallest absolute Gasteiger partial charge is 0.133 e. The summed E-state index contributed by atoms with van der Waals surface area (Å²) in [7, 11) is 0. The van der Waals surface area contributed by atoms with Gasteiger partial charge in [0, 0.05) is 37.4 Å². The van der Waals surface area contributed by atoms with Crippen molar-refractivity contribution in [3.05, 3.63) is 17.1 Å². The Morgan fingerprint density at radius 2 is 1.91 bits per heavy atom. The lowest BCUT2D eigenvalue weighted by Crippen LogP contribution is -2.44. The molecule has 120 valence electrons. The lowest BCUT2D eigenvalue weighted by molar-refractivity contribution is -0.0368. The van der Waals surface area contributed by atoms with Crippen molar-refractivity contribution in [2.45, 2.75) is 57.7 Å². The predicted octanol–water partition coefficient (Wildman–Crippen LogP) is 1.94. The van der Waals surface area contributed by atoms with E-state index in [1.54, 1.807) is 0 Å². The molecule has 2 atom stereocenters. The molecule has 1 N–H and O–H groups in total. The maximum absolute atomic E-state index is 5.90. The molecule has 22 heavy (non-hydrogen) atoms. The maximum Gasteiger partial charge on any atom is 0.133 e. The fourth-order valence-electron chi connectivity index (χ4n) is 4.08. The molecule has 0 saturated carbocycles. The number of hydrogen-bond acceptors (Lipinski definition) is 5. The summed E-state index contributed by atoms with van der Waals surface area (Å²) in [5, 5.41) is 3.58. The third-order valence-electron chi connectivity index (χ3n) is 5.13. The van der Waals surface area contributed by atoms with Crippen LogP contribution >= 0.6 is 0 Å². The number of anilines is 1. The van der Waals surface area contributed by atoms with Crippen molar-refractivity contribution in [2.75, 3.05) is 31.5 Å². The highest BCUT2D eigenvalue weighted by Gasteiger charge is 2.33. The predicted molar refractivity (Wildman–Crippen MR) is 86.2 cm³/mol. The zero-order valence-corrected chi connectivity index (χ0v) is 13.5. The number of likely N-dealkylation sites (tertiary alicyclic amines) is 1. The van der Waals surface area contributed by atoms with Crippen molar-refractivity contribution in [2.24, 2.45) is 0 Å². The molecule has 2 unspecified atom stereocenters. The largest absolute Gasteiger partial charge is 0.372 e. The Morgan fingerprint density at radius 1 is 1.14 bits per heavy atom. The Hall–Kier alpha value is -1.20. The number of morpholine rings is 1. The SMILES string of the molecule is Cc1nc2c(c(NCCN3CC4CCC(C3)O4)n1)CCCC2. The lowest BCUT2D eigenvalue weighted by atomic mass is 9.96. The average molecular weight is 302 g/mol. The van der Waals surface area contributed by atoms with Gasteiger partial charge in [0.25, 0.3) is 0 Å². The molecule has 0 aromatic carbocycles. The molecule has 3 aliphatic rings. The number of rotatable bonds is 4. The highest BCUT2D eigenvalue weighted by atomic mass is 16.5. The third kappa shape index (κ3) is 2.97. The summed E-state index contributed by atoms with van der Waals surface area (Å²) < 4.78 is 5.90. The van der Waals surface area contributed by atoms with E-state index in [9.17, 15) is 0 Å². The fraction of sp³-hybridized carbons (Fsp3) is 0.765. The first-order valence-electron chi connectivity index (χ1n) is 8.76. The van der Waals surface area contributed by atoms with E-state index in [0.717, 1.165) is 50.7 Å². The van der Waals surface area contributed by atoms with E-state index in [2.05, 4.69) is 20.2 Å². The number of fused-ring (bicyclic) bond motifs is 3. The van der Waals surface area contributed by atoms with Gasteiger partial charge in [0.2, 0.25) is 0 Å². The number of ether oxygens (including phenoxy) is 1. The summed E-state index contributed by atoms with van der Waals surface area (Å²) in [5.41, 5.74) is 2.63. The van der Waals surface area contributed by atoms with Gasteiger partial charge in [0.1, 0.15) is 11.6 Å². The van der Waals surface area contributed by atoms with Crippen LogP contribution in [0.25, 0.3) is 0 Å². The topological polar surface area (TPSA) is 50.3 Å². The number of aryl methyl sites for hydroxylation is 2. The van der Waals surface area contributed by atoms with E-state index >= 15 is 0 Å². The molecule has 4 rings (SSSR count). The van der Waals surface area contributed by atoms with Gasteiger partial charge in [-0.3, -0.25) is 4.90 Å². The minimum Gasteiger partial charge on any atom is -0.372 e. The van der Waals surface area contributed by atoms with E-state index in [1.807, 2.05) is 6.92 Å².